The van der Waals surface area contributed by atoms with Crippen molar-refractivity contribution in [3.8, 4) is 0 Å². The Morgan fingerprint density at radius 1 is 1.14 bits per heavy atom. The van der Waals surface area contributed by atoms with Gasteiger partial charge in [0.15, 0.2) is 0 Å². The molecule has 0 bridgehead atoms. The van der Waals surface area contributed by atoms with E-state index in [0.717, 1.165) is 45.3 Å². The summed E-state index contributed by atoms with van der Waals surface area (Å²) in [5.74, 6) is 0. The minimum atomic E-state index is 0.698. The van der Waals surface area contributed by atoms with Crippen LogP contribution in [-0.4, -0.2) is 14.3 Å². The predicted molar refractivity (Wildman–Crippen MR) is 88.3 cm³/mol. The molecule has 5 heteroatoms. The van der Waals surface area contributed by atoms with Crippen molar-refractivity contribution in [2.75, 3.05) is 0 Å². The van der Waals surface area contributed by atoms with Gasteiger partial charge in [0.2, 0.25) is 0 Å². The Labute approximate surface area is 134 Å². The SMILES string of the molecule is CCc1nn(CC)c(Cn2ccc3c(Cl)cccc32)c1Cl. The highest BCUT2D eigenvalue weighted by atomic mass is 35.5. The van der Waals surface area contributed by atoms with E-state index in [2.05, 4.69) is 29.6 Å². The van der Waals surface area contributed by atoms with Gasteiger partial charge in [-0.1, -0.05) is 36.2 Å². The van der Waals surface area contributed by atoms with E-state index < -0.39 is 0 Å². The van der Waals surface area contributed by atoms with Crippen molar-refractivity contribution < 1.29 is 0 Å². The zero-order valence-electron chi connectivity index (χ0n) is 12.1. The van der Waals surface area contributed by atoms with Crippen molar-refractivity contribution in [1.29, 1.82) is 0 Å². The van der Waals surface area contributed by atoms with E-state index in [1.54, 1.807) is 0 Å². The molecule has 0 atom stereocenters. The molecule has 0 N–H and O–H groups in total. The summed E-state index contributed by atoms with van der Waals surface area (Å²) in [5.41, 5.74) is 3.12. The largest absolute Gasteiger partial charge is 0.341 e. The number of fused-ring (bicyclic) bond motifs is 1. The van der Waals surface area contributed by atoms with E-state index in [1.165, 1.54) is 0 Å². The van der Waals surface area contributed by atoms with Crippen LogP contribution in [0.25, 0.3) is 10.9 Å². The van der Waals surface area contributed by atoms with Crippen molar-refractivity contribution in [3.63, 3.8) is 0 Å². The number of halogens is 2. The number of hydrogen-bond donors (Lipinski definition) is 0. The molecule has 0 amide bonds. The molecule has 0 aliphatic heterocycles. The molecular weight excluding hydrogens is 305 g/mol. The van der Waals surface area contributed by atoms with Crippen molar-refractivity contribution in [2.45, 2.75) is 33.4 Å². The second-order valence-corrected chi connectivity index (χ2v) is 5.78. The van der Waals surface area contributed by atoms with Crippen LogP contribution in [0.2, 0.25) is 10.0 Å². The summed E-state index contributed by atoms with van der Waals surface area (Å²) >= 11 is 12.7. The van der Waals surface area contributed by atoms with E-state index in [0.29, 0.717) is 6.54 Å². The fourth-order valence-corrected chi connectivity index (χ4v) is 3.21. The molecule has 1 aromatic carbocycles. The van der Waals surface area contributed by atoms with Crippen LogP contribution in [0.1, 0.15) is 25.2 Å². The molecule has 2 heterocycles. The number of nitrogens with zero attached hydrogens (tertiary/aromatic N) is 3. The third-order valence-corrected chi connectivity index (χ3v) is 4.54. The second kappa shape index (κ2) is 5.74. The van der Waals surface area contributed by atoms with E-state index in [-0.39, 0.29) is 0 Å². The molecule has 3 rings (SSSR count). The first-order chi connectivity index (χ1) is 10.2. The van der Waals surface area contributed by atoms with Gasteiger partial charge in [-0.2, -0.15) is 5.10 Å². The molecule has 0 aliphatic carbocycles. The van der Waals surface area contributed by atoms with Crippen LogP contribution in [0.15, 0.2) is 30.5 Å². The fraction of sp³-hybridized carbons (Fsp3) is 0.312. The van der Waals surface area contributed by atoms with E-state index in [1.807, 2.05) is 29.1 Å². The number of rotatable bonds is 4. The molecule has 0 spiro atoms. The molecule has 0 aliphatic rings. The predicted octanol–water partition coefficient (Wildman–Crippen LogP) is 4.78. The maximum atomic E-state index is 6.49. The first-order valence-electron chi connectivity index (χ1n) is 7.13. The highest BCUT2D eigenvalue weighted by Gasteiger charge is 2.15. The van der Waals surface area contributed by atoms with Gasteiger partial charge in [0, 0.05) is 28.7 Å². The zero-order valence-corrected chi connectivity index (χ0v) is 13.6. The monoisotopic (exact) mass is 321 g/mol. The molecule has 21 heavy (non-hydrogen) atoms. The summed E-state index contributed by atoms with van der Waals surface area (Å²) < 4.78 is 4.15. The van der Waals surface area contributed by atoms with Crippen molar-refractivity contribution >= 4 is 34.1 Å². The molecule has 0 saturated carbocycles. The first-order valence-corrected chi connectivity index (χ1v) is 7.88. The summed E-state index contributed by atoms with van der Waals surface area (Å²) in [5, 5.41) is 7.19. The van der Waals surface area contributed by atoms with Crippen LogP contribution in [-0.2, 0) is 19.5 Å². The average molecular weight is 322 g/mol. The van der Waals surface area contributed by atoms with Gasteiger partial charge in [0.25, 0.3) is 0 Å². The molecule has 0 unspecified atom stereocenters. The molecule has 0 radical (unpaired) electrons. The third-order valence-electron chi connectivity index (χ3n) is 3.77. The van der Waals surface area contributed by atoms with Gasteiger partial charge in [0.05, 0.1) is 23.0 Å². The van der Waals surface area contributed by atoms with Gasteiger partial charge in [-0.15, -0.1) is 0 Å². The maximum Gasteiger partial charge on any atom is 0.0868 e. The topological polar surface area (TPSA) is 22.8 Å². The average Bonchev–Trinajstić information content (AvgIpc) is 3.03. The maximum absolute atomic E-state index is 6.49. The van der Waals surface area contributed by atoms with Gasteiger partial charge in [-0.05, 0) is 31.5 Å². The van der Waals surface area contributed by atoms with Crippen LogP contribution < -0.4 is 0 Å². The number of benzene rings is 1. The Bertz CT molecular complexity index is 786. The third kappa shape index (κ3) is 2.45. The van der Waals surface area contributed by atoms with E-state index >= 15 is 0 Å². The summed E-state index contributed by atoms with van der Waals surface area (Å²) in [4.78, 5) is 0. The first kappa shape index (κ1) is 14.5. The van der Waals surface area contributed by atoms with Gasteiger partial charge >= 0.3 is 0 Å². The molecular formula is C16H17Cl2N3. The zero-order chi connectivity index (χ0) is 15.0. The highest BCUT2D eigenvalue weighted by Crippen LogP contribution is 2.27. The van der Waals surface area contributed by atoms with Crippen LogP contribution in [0.5, 0.6) is 0 Å². The lowest BCUT2D eigenvalue weighted by Gasteiger charge is -2.08. The van der Waals surface area contributed by atoms with Gasteiger partial charge in [0.1, 0.15) is 0 Å². The molecule has 110 valence electrons. The number of hydrogen-bond acceptors (Lipinski definition) is 1. The minimum absolute atomic E-state index is 0.698. The Morgan fingerprint density at radius 2 is 1.95 bits per heavy atom. The lowest BCUT2D eigenvalue weighted by atomic mass is 10.2. The normalized spacial score (nSPS) is 11.4. The lowest BCUT2D eigenvalue weighted by Crippen LogP contribution is -2.07. The number of aromatic nitrogens is 3. The Balaban J connectivity index is 2.07. The van der Waals surface area contributed by atoms with Crippen LogP contribution in [0.4, 0.5) is 0 Å². The quantitative estimate of drug-likeness (QED) is 0.678. The second-order valence-electron chi connectivity index (χ2n) is 4.99. The van der Waals surface area contributed by atoms with Crippen molar-refractivity contribution in [3.05, 3.63) is 51.9 Å². The highest BCUT2D eigenvalue weighted by molar-refractivity contribution is 6.35. The van der Waals surface area contributed by atoms with E-state index in [4.69, 9.17) is 23.2 Å². The van der Waals surface area contributed by atoms with Crippen LogP contribution >= 0.6 is 23.2 Å². The Kier molecular flexibility index (Phi) is 3.96. The fourth-order valence-electron chi connectivity index (χ4n) is 2.65. The lowest BCUT2D eigenvalue weighted by molar-refractivity contribution is 0.599. The van der Waals surface area contributed by atoms with Crippen molar-refractivity contribution in [1.82, 2.24) is 14.3 Å². The Hall–Kier alpha value is -1.45. The molecule has 3 nitrogen and oxygen atoms in total. The summed E-state index contributed by atoms with van der Waals surface area (Å²) in [6.45, 7) is 5.66. The van der Waals surface area contributed by atoms with Crippen LogP contribution in [0.3, 0.4) is 0 Å². The smallest absolute Gasteiger partial charge is 0.0868 e. The summed E-state index contributed by atoms with van der Waals surface area (Å²) in [6.07, 6.45) is 2.89. The molecule has 2 aromatic heterocycles. The van der Waals surface area contributed by atoms with Gasteiger partial charge in [-0.25, -0.2) is 0 Å². The summed E-state index contributed by atoms with van der Waals surface area (Å²) in [6, 6.07) is 7.99. The Morgan fingerprint density at radius 3 is 2.67 bits per heavy atom. The molecule has 3 aromatic rings. The minimum Gasteiger partial charge on any atom is -0.341 e. The van der Waals surface area contributed by atoms with Gasteiger partial charge < -0.3 is 4.57 Å². The summed E-state index contributed by atoms with van der Waals surface area (Å²) in [7, 11) is 0. The molecule has 0 fully saturated rings. The van der Waals surface area contributed by atoms with Crippen molar-refractivity contribution in [2.24, 2.45) is 0 Å². The number of aryl methyl sites for hydroxylation is 2. The van der Waals surface area contributed by atoms with Crippen LogP contribution in [0, 0.1) is 0 Å². The van der Waals surface area contributed by atoms with Gasteiger partial charge in [-0.3, -0.25) is 4.68 Å². The molecule has 0 saturated heterocycles. The van der Waals surface area contributed by atoms with E-state index in [9.17, 15) is 0 Å². The standard InChI is InChI=1S/C16H17Cl2N3/c1-3-13-16(18)15(21(4-2)19-13)10-20-9-8-11-12(17)6-5-7-14(11)20/h5-9H,3-4,10H2,1-2H3.